The number of anilines is 1. The maximum absolute atomic E-state index is 12.1. The quantitative estimate of drug-likeness (QED) is 0.677. The molecular formula is C21H25NO5. The number of nitrogens with one attached hydrogen (secondary N) is 1. The minimum atomic E-state index is -0.570. The lowest BCUT2D eigenvalue weighted by Crippen LogP contribution is -2.21. The summed E-state index contributed by atoms with van der Waals surface area (Å²) >= 11 is 0. The highest BCUT2D eigenvalue weighted by Crippen LogP contribution is 2.22. The van der Waals surface area contributed by atoms with Crippen molar-refractivity contribution in [2.45, 2.75) is 20.3 Å². The summed E-state index contributed by atoms with van der Waals surface area (Å²) in [7, 11) is 1.52. The Bertz CT molecular complexity index is 755. The number of benzene rings is 2. The number of esters is 1. The highest BCUT2D eigenvalue weighted by molar-refractivity contribution is 5.96. The molecule has 6 heteroatoms. The van der Waals surface area contributed by atoms with E-state index in [9.17, 15) is 9.59 Å². The molecule has 2 rings (SSSR count). The fraction of sp³-hybridized carbons (Fsp3) is 0.333. The Kier molecular flexibility index (Phi) is 7.67. The van der Waals surface area contributed by atoms with Gasteiger partial charge >= 0.3 is 5.97 Å². The van der Waals surface area contributed by atoms with Crippen molar-refractivity contribution in [3.63, 3.8) is 0 Å². The van der Waals surface area contributed by atoms with Crippen molar-refractivity contribution in [1.29, 1.82) is 0 Å². The van der Waals surface area contributed by atoms with Crippen LogP contribution in [0.2, 0.25) is 0 Å². The van der Waals surface area contributed by atoms with Gasteiger partial charge in [0.25, 0.3) is 5.91 Å². The molecule has 6 nitrogen and oxygen atoms in total. The molecule has 0 unspecified atom stereocenters. The van der Waals surface area contributed by atoms with Crippen LogP contribution in [0.5, 0.6) is 11.5 Å². The molecule has 0 atom stereocenters. The van der Waals surface area contributed by atoms with Crippen LogP contribution in [0.4, 0.5) is 5.69 Å². The molecule has 2 aromatic carbocycles. The molecule has 0 aliphatic heterocycles. The van der Waals surface area contributed by atoms with Crippen LogP contribution in [-0.2, 0) is 9.53 Å². The van der Waals surface area contributed by atoms with E-state index in [4.69, 9.17) is 14.2 Å². The van der Waals surface area contributed by atoms with Crippen molar-refractivity contribution >= 4 is 17.6 Å². The fourth-order valence-electron chi connectivity index (χ4n) is 2.25. The van der Waals surface area contributed by atoms with Crippen LogP contribution in [0, 0.1) is 5.92 Å². The smallest absolute Gasteiger partial charge is 0.338 e. The van der Waals surface area contributed by atoms with Crippen molar-refractivity contribution in [3.8, 4) is 11.5 Å². The van der Waals surface area contributed by atoms with Gasteiger partial charge in [-0.3, -0.25) is 4.79 Å². The van der Waals surface area contributed by atoms with Gasteiger partial charge in [0.1, 0.15) is 11.5 Å². The van der Waals surface area contributed by atoms with Crippen molar-refractivity contribution in [2.24, 2.45) is 5.92 Å². The molecule has 0 saturated carbocycles. The Morgan fingerprint density at radius 1 is 1.04 bits per heavy atom. The van der Waals surface area contributed by atoms with Crippen LogP contribution in [0.15, 0.2) is 48.5 Å². The van der Waals surface area contributed by atoms with E-state index in [1.165, 1.54) is 7.11 Å². The summed E-state index contributed by atoms with van der Waals surface area (Å²) in [5, 5.41) is 2.65. The Morgan fingerprint density at radius 2 is 1.74 bits per heavy atom. The number of carbonyl (C=O) groups excluding carboxylic acids is 2. The van der Waals surface area contributed by atoms with Gasteiger partial charge in [-0.1, -0.05) is 26.0 Å². The van der Waals surface area contributed by atoms with Gasteiger partial charge in [0, 0.05) is 0 Å². The van der Waals surface area contributed by atoms with Crippen LogP contribution in [0.3, 0.4) is 0 Å². The molecule has 0 aliphatic rings. The Hall–Kier alpha value is -3.02. The van der Waals surface area contributed by atoms with E-state index in [1.54, 1.807) is 48.5 Å². The predicted octanol–water partition coefficient (Wildman–Crippen LogP) is 3.92. The van der Waals surface area contributed by atoms with Gasteiger partial charge < -0.3 is 19.5 Å². The molecule has 0 aliphatic carbocycles. The van der Waals surface area contributed by atoms with E-state index in [2.05, 4.69) is 19.2 Å². The van der Waals surface area contributed by atoms with E-state index >= 15 is 0 Å². The van der Waals surface area contributed by atoms with E-state index in [1.807, 2.05) is 0 Å². The van der Waals surface area contributed by atoms with Gasteiger partial charge in [-0.05, 0) is 48.7 Å². The molecule has 1 N–H and O–H groups in total. The molecule has 144 valence electrons. The van der Waals surface area contributed by atoms with Crippen molar-refractivity contribution in [2.75, 3.05) is 25.6 Å². The van der Waals surface area contributed by atoms with Crippen molar-refractivity contribution in [1.82, 2.24) is 0 Å². The maximum atomic E-state index is 12.1. The number of ether oxygens (including phenoxy) is 3. The van der Waals surface area contributed by atoms with Gasteiger partial charge in [0.05, 0.1) is 25.0 Å². The average Bonchev–Trinajstić information content (AvgIpc) is 2.67. The molecule has 0 saturated heterocycles. The molecule has 0 fully saturated rings. The highest BCUT2D eigenvalue weighted by Gasteiger charge is 2.12. The molecule has 0 bridgehead atoms. The second-order valence-corrected chi connectivity index (χ2v) is 6.38. The molecule has 1 amide bonds. The molecule has 0 radical (unpaired) electrons. The zero-order valence-electron chi connectivity index (χ0n) is 15.9. The zero-order valence-corrected chi connectivity index (χ0v) is 15.9. The zero-order chi connectivity index (χ0) is 19.6. The van der Waals surface area contributed by atoms with Gasteiger partial charge in [0.2, 0.25) is 0 Å². The molecule has 0 heterocycles. The highest BCUT2D eigenvalue weighted by atomic mass is 16.5. The van der Waals surface area contributed by atoms with Crippen molar-refractivity contribution in [3.05, 3.63) is 54.1 Å². The second-order valence-electron chi connectivity index (χ2n) is 6.38. The Morgan fingerprint density at radius 3 is 2.41 bits per heavy atom. The molecular weight excluding hydrogens is 346 g/mol. The third kappa shape index (κ3) is 6.66. The van der Waals surface area contributed by atoms with Crippen LogP contribution in [0.25, 0.3) is 0 Å². The van der Waals surface area contributed by atoms with Crippen LogP contribution in [0.1, 0.15) is 30.6 Å². The number of amides is 1. The summed E-state index contributed by atoms with van der Waals surface area (Å²) < 4.78 is 15.8. The third-order valence-electron chi connectivity index (χ3n) is 3.77. The van der Waals surface area contributed by atoms with Crippen LogP contribution >= 0.6 is 0 Å². The fourth-order valence-corrected chi connectivity index (χ4v) is 2.25. The monoisotopic (exact) mass is 371 g/mol. The van der Waals surface area contributed by atoms with Crippen LogP contribution < -0.4 is 14.8 Å². The van der Waals surface area contributed by atoms with Gasteiger partial charge in [-0.15, -0.1) is 0 Å². The topological polar surface area (TPSA) is 73.9 Å². The van der Waals surface area contributed by atoms with E-state index < -0.39 is 11.9 Å². The molecule has 2 aromatic rings. The molecule has 0 spiro atoms. The first kappa shape index (κ1) is 20.3. The minimum absolute atomic E-state index is 0.358. The standard InChI is InChI=1S/C21H25NO5/c1-15(2)12-13-26-17-10-8-16(9-11-17)21(24)27-14-20(23)22-18-6-4-5-7-19(18)25-3/h4-11,15H,12-14H2,1-3H3,(H,22,23). The normalized spacial score (nSPS) is 10.4. The lowest BCUT2D eigenvalue weighted by molar-refractivity contribution is -0.119. The Labute approximate surface area is 159 Å². The maximum Gasteiger partial charge on any atom is 0.338 e. The average molecular weight is 371 g/mol. The van der Waals surface area contributed by atoms with E-state index in [0.29, 0.717) is 35.3 Å². The van der Waals surface area contributed by atoms with Crippen LogP contribution in [-0.4, -0.2) is 32.2 Å². The number of carbonyl (C=O) groups is 2. The summed E-state index contributed by atoms with van der Waals surface area (Å²) in [6, 6.07) is 13.7. The second kappa shape index (κ2) is 10.2. The number of para-hydroxylation sites is 2. The number of methoxy groups -OCH3 is 1. The first-order chi connectivity index (χ1) is 13.0. The van der Waals surface area contributed by atoms with E-state index in [0.717, 1.165) is 6.42 Å². The summed E-state index contributed by atoms with van der Waals surface area (Å²) in [6.07, 6.45) is 0.963. The van der Waals surface area contributed by atoms with Gasteiger partial charge in [-0.2, -0.15) is 0 Å². The first-order valence-corrected chi connectivity index (χ1v) is 8.82. The summed E-state index contributed by atoms with van der Waals surface area (Å²) in [6.45, 7) is 4.51. The Balaban J connectivity index is 1.81. The predicted molar refractivity (Wildman–Crippen MR) is 103 cm³/mol. The lowest BCUT2D eigenvalue weighted by Gasteiger charge is -2.10. The van der Waals surface area contributed by atoms with E-state index in [-0.39, 0.29) is 6.61 Å². The number of rotatable bonds is 9. The molecule has 0 aromatic heterocycles. The van der Waals surface area contributed by atoms with Gasteiger partial charge in [0.15, 0.2) is 6.61 Å². The number of hydrogen-bond acceptors (Lipinski definition) is 5. The molecule has 27 heavy (non-hydrogen) atoms. The first-order valence-electron chi connectivity index (χ1n) is 8.82. The van der Waals surface area contributed by atoms with Crippen molar-refractivity contribution < 1.29 is 23.8 Å². The minimum Gasteiger partial charge on any atom is -0.495 e. The summed E-state index contributed by atoms with van der Waals surface area (Å²) in [5.74, 6) is 0.785. The summed E-state index contributed by atoms with van der Waals surface area (Å²) in [5.41, 5.74) is 0.875. The SMILES string of the molecule is COc1ccccc1NC(=O)COC(=O)c1ccc(OCCC(C)C)cc1. The third-order valence-corrected chi connectivity index (χ3v) is 3.77. The summed E-state index contributed by atoms with van der Waals surface area (Å²) in [4.78, 5) is 24.1. The largest absolute Gasteiger partial charge is 0.495 e. The lowest BCUT2D eigenvalue weighted by atomic mass is 10.1. The van der Waals surface area contributed by atoms with Gasteiger partial charge in [-0.25, -0.2) is 4.79 Å². The number of hydrogen-bond donors (Lipinski definition) is 1.